The summed E-state index contributed by atoms with van der Waals surface area (Å²) in [6, 6.07) is 0.655. The van der Waals surface area contributed by atoms with Gasteiger partial charge in [-0.1, -0.05) is 19.9 Å². The Balaban J connectivity index is 1.19. The van der Waals surface area contributed by atoms with Crippen LogP contribution in [0, 0.1) is 11.8 Å². The first-order valence-electron chi connectivity index (χ1n) is 19.6. The highest BCUT2D eigenvalue weighted by Gasteiger charge is 2.61. The minimum Gasteiger partial charge on any atom is -0.446 e. The van der Waals surface area contributed by atoms with Crippen LogP contribution in [0.1, 0.15) is 58.4 Å². The van der Waals surface area contributed by atoms with Crippen molar-refractivity contribution in [3.05, 3.63) is 62.9 Å². The second-order valence-electron chi connectivity index (χ2n) is 15.9. The van der Waals surface area contributed by atoms with Crippen molar-refractivity contribution in [2.45, 2.75) is 82.1 Å². The topological polar surface area (TPSA) is 192 Å². The Morgan fingerprint density at radius 1 is 1.03 bits per heavy atom. The number of alkyl carbamates (subject to hydrolysis) is 1. The maximum absolute atomic E-state index is 14.6. The summed E-state index contributed by atoms with van der Waals surface area (Å²) in [6.07, 6.45) is 5.53. The summed E-state index contributed by atoms with van der Waals surface area (Å²) < 4.78 is 37.0. The van der Waals surface area contributed by atoms with Gasteiger partial charge in [0.05, 0.1) is 17.8 Å². The highest BCUT2D eigenvalue weighted by Crippen LogP contribution is 2.45. The van der Waals surface area contributed by atoms with E-state index in [0.717, 1.165) is 31.2 Å². The third-order valence-corrected chi connectivity index (χ3v) is 14.6. The van der Waals surface area contributed by atoms with E-state index >= 15 is 0 Å². The van der Waals surface area contributed by atoms with E-state index < -0.39 is 75.1 Å². The van der Waals surface area contributed by atoms with Crippen LogP contribution in [0.2, 0.25) is 0 Å². The fraction of sp³-hybridized carbons (Fsp3) is 0.538. The zero-order valence-corrected chi connectivity index (χ0v) is 35.2. The van der Waals surface area contributed by atoms with Crippen molar-refractivity contribution in [3.8, 4) is 22.3 Å². The molecule has 7 rings (SSSR count). The largest absolute Gasteiger partial charge is 0.446 e. The summed E-state index contributed by atoms with van der Waals surface area (Å²) >= 11 is 2.93. The van der Waals surface area contributed by atoms with Gasteiger partial charge in [0.2, 0.25) is 11.8 Å². The normalized spacial score (nSPS) is 24.7. The fourth-order valence-corrected chi connectivity index (χ4v) is 10.7. The molecular weight excluding hydrogens is 805 g/mol. The number of carbonyl (C=O) groups is 4. The van der Waals surface area contributed by atoms with E-state index in [1.54, 1.807) is 20.0 Å². The Morgan fingerprint density at radius 2 is 1.71 bits per heavy atom. The third kappa shape index (κ3) is 8.50. The van der Waals surface area contributed by atoms with Crippen molar-refractivity contribution in [3.63, 3.8) is 0 Å². The quantitative estimate of drug-likeness (QED) is 0.215. The molecule has 3 aromatic rings. The molecule has 0 unspecified atom stereocenters. The standard InChI is InChI=1S/C39H50N8O8S3/c1-5-27-19-39(27,37(51)43-58(53,54)45-14-12-44(4)13-15-45)42-34(48)31-18-28(21-46(31)36(50)33(24(2)3)41-38(52)55-29-8-6-7-9-29)47-35(49)32(26-11-17-57-23-26)30(20-40-47)25-10-16-56-22-25/h5,10-11,16-17,20,22-24,27-29,31,33H,1,6-9,12-15,18-19,21H2,2-4H3,(H,41,52)(H,42,48)(H,43,51)/t27-,28-,31+,33+,39-/m1/s1. The fourth-order valence-electron chi connectivity index (χ4n) is 8.18. The van der Waals surface area contributed by atoms with Crippen molar-refractivity contribution in [1.82, 2.24) is 39.2 Å². The second-order valence-corrected chi connectivity index (χ2v) is 19.2. The number of nitrogens with zero attached hydrogens (tertiary/aromatic N) is 5. The molecule has 58 heavy (non-hydrogen) atoms. The molecule has 19 heteroatoms. The Kier molecular flexibility index (Phi) is 12.3. The summed E-state index contributed by atoms with van der Waals surface area (Å²) in [5, 5.41) is 17.7. The highest BCUT2D eigenvalue weighted by atomic mass is 32.2. The first-order chi connectivity index (χ1) is 27.7. The number of piperazine rings is 1. The van der Waals surface area contributed by atoms with Gasteiger partial charge in [-0.05, 0) is 89.8 Å². The molecule has 4 amide bonds. The number of carbonyl (C=O) groups excluding carboxylic acids is 4. The number of amides is 4. The van der Waals surface area contributed by atoms with Gasteiger partial charge in [0.1, 0.15) is 23.7 Å². The monoisotopic (exact) mass is 854 g/mol. The van der Waals surface area contributed by atoms with Crippen LogP contribution >= 0.6 is 22.7 Å². The van der Waals surface area contributed by atoms with E-state index in [0.29, 0.717) is 29.8 Å². The van der Waals surface area contributed by atoms with Gasteiger partial charge >= 0.3 is 16.3 Å². The predicted molar refractivity (Wildman–Crippen MR) is 220 cm³/mol. The van der Waals surface area contributed by atoms with Crippen molar-refractivity contribution < 1.29 is 32.3 Å². The number of likely N-dealkylation sites (N-methyl/N-ethyl adjacent to an activating group) is 1. The van der Waals surface area contributed by atoms with Crippen LogP contribution < -0.4 is 20.9 Å². The number of rotatable bonds is 13. The first kappa shape index (κ1) is 41.7. The highest BCUT2D eigenvalue weighted by molar-refractivity contribution is 7.87. The SMILES string of the molecule is C=C[C@@H]1C[C@]1(NC(=O)[C@@H]1C[C@@H](n2ncc(-c3ccsc3)c(-c3ccsc3)c2=O)CN1C(=O)[C@@H](NC(=O)OC1CCCC1)C(C)C)C(=O)NS(=O)(=O)N1CCN(C)CC1. The average Bonchev–Trinajstić information content (AvgIpc) is 3.87. The summed E-state index contributed by atoms with van der Waals surface area (Å²) in [5.41, 5.74) is 0.572. The van der Waals surface area contributed by atoms with E-state index in [1.807, 2.05) is 45.6 Å². The molecule has 0 bridgehead atoms. The van der Waals surface area contributed by atoms with Gasteiger partial charge in [-0.2, -0.15) is 40.5 Å². The predicted octanol–water partition coefficient (Wildman–Crippen LogP) is 3.21. The summed E-state index contributed by atoms with van der Waals surface area (Å²) in [4.78, 5) is 73.9. The lowest BCUT2D eigenvalue weighted by molar-refractivity contribution is -0.141. The number of likely N-dealkylation sites (tertiary alicyclic amines) is 1. The Hall–Kier alpha value is -4.43. The van der Waals surface area contributed by atoms with Crippen LogP contribution in [0.5, 0.6) is 0 Å². The number of hydrogen-bond donors (Lipinski definition) is 3. The Bertz CT molecular complexity index is 2180. The summed E-state index contributed by atoms with van der Waals surface area (Å²) in [7, 11) is -2.35. The molecule has 3 N–H and O–H groups in total. The smallest absolute Gasteiger partial charge is 0.408 e. The maximum atomic E-state index is 14.6. The summed E-state index contributed by atoms with van der Waals surface area (Å²) in [6.45, 7) is 8.60. The molecule has 16 nitrogen and oxygen atoms in total. The number of nitrogens with one attached hydrogen (secondary N) is 3. The molecule has 0 aromatic carbocycles. The van der Waals surface area contributed by atoms with E-state index in [-0.39, 0.29) is 38.6 Å². The lowest BCUT2D eigenvalue weighted by atomic mass is 10.0. The zero-order valence-electron chi connectivity index (χ0n) is 32.8. The minimum atomic E-state index is -4.23. The van der Waals surface area contributed by atoms with Crippen molar-refractivity contribution in [1.29, 1.82) is 0 Å². The van der Waals surface area contributed by atoms with Gasteiger partial charge < -0.3 is 25.2 Å². The Labute approximate surface area is 345 Å². The molecular formula is C39H50N8O8S3. The van der Waals surface area contributed by atoms with Crippen LogP contribution in [0.3, 0.4) is 0 Å². The van der Waals surface area contributed by atoms with Crippen LogP contribution in [-0.2, 0) is 29.3 Å². The molecule has 312 valence electrons. The molecule has 2 aliphatic heterocycles. The zero-order chi connectivity index (χ0) is 41.4. The molecule has 4 aliphatic rings. The minimum absolute atomic E-state index is 0.0568. The molecule has 5 atom stereocenters. The van der Waals surface area contributed by atoms with Gasteiger partial charge in [0.25, 0.3) is 11.5 Å². The van der Waals surface area contributed by atoms with Crippen LogP contribution in [0.4, 0.5) is 4.79 Å². The molecule has 2 saturated heterocycles. The lowest BCUT2D eigenvalue weighted by Crippen LogP contribution is -2.60. The third-order valence-electron chi connectivity index (χ3n) is 11.7. The summed E-state index contributed by atoms with van der Waals surface area (Å²) in [5.74, 6) is -3.21. The molecule has 2 aliphatic carbocycles. The van der Waals surface area contributed by atoms with Gasteiger partial charge in [-0.25, -0.2) is 14.2 Å². The van der Waals surface area contributed by atoms with E-state index in [9.17, 15) is 32.4 Å². The maximum Gasteiger partial charge on any atom is 0.408 e. The molecule has 5 heterocycles. The van der Waals surface area contributed by atoms with E-state index in [4.69, 9.17) is 4.74 Å². The molecule has 4 fully saturated rings. The van der Waals surface area contributed by atoms with Crippen molar-refractivity contribution in [2.24, 2.45) is 11.8 Å². The second kappa shape index (κ2) is 17.0. The van der Waals surface area contributed by atoms with Crippen LogP contribution in [-0.4, -0.2) is 120 Å². The van der Waals surface area contributed by atoms with Crippen molar-refractivity contribution in [2.75, 3.05) is 39.8 Å². The average molecular weight is 855 g/mol. The van der Waals surface area contributed by atoms with E-state index in [2.05, 4.69) is 27.0 Å². The number of ether oxygens (including phenoxy) is 1. The first-order valence-corrected chi connectivity index (χ1v) is 22.9. The van der Waals surface area contributed by atoms with E-state index in [1.165, 1.54) is 42.6 Å². The number of thiophene rings is 2. The van der Waals surface area contributed by atoms with Crippen molar-refractivity contribution >= 4 is 56.7 Å². The molecule has 2 saturated carbocycles. The van der Waals surface area contributed by atoms with Gasteiger partial charge in [0.15, 0.2) is 0 Å². The van der Waals surface area contributed by atoms with Gasteiger partial charge in [-0.15, -0.1) is 6.58 Å². The Morgan fingerprint density at radius 3 is 2.31 bits per heavy atom. The molecule has 0 radical (unpaired) electrons. The van der Waals surface area contributed by atoms with Gasteiger partial charge in [0, 0.05) is 50.6 Å². The lowest BCUT2D eigenvalue weighted by Gasteiger charge is -2.32. The van der Waals surface area contributed by atoms with Crippen LogP contribution in [0.25, 0.3) is 22.3 Å². The molecule has 0 spiro atoms. The number of hydrogen-bond acceptors (Lipinski definition) is 12. The van der Waals surface area contributed by atoms with Gasteiger partial charge in [-0.3, -0.25) is 19.2 Å². The number of aromatic nitrogens is 2. The molecule has 3 aromatic heterocycles. The van der Waals surface area contributed by atoms with Crippen LogP contribution in [0.15, 0.2) is 57.3 Å².